The average molecular weight is 329 g/mol. The van der Waals surface area contributed by atoms with Gasteiger partial charge < -0.3 is 5.11 Å². The lowest BCUT2D eigenvalue weighted by Crippen LogP contribution is -2.01. The average Bonchev–Trinajstić information content (AvgIpc) is 3.06. The van der Waals surface area contributed by atoms with Crippen LogP contribution in [0.15, 0.2) is 72.9 Å². The summed E-state index contributed by atoms with van der Waals surface area (Å²) in [4.78, 5) is 4.46. The van der Waals surface area contributed by atoms with Gasteiger partial charge in [-0.3, -0.25) is 0 Å². The highest BCUT2D eigenvalue weighted by Crippen LogP contribution is 2.24. The molecule has 0 spiro atoms. The highest BCUT2D eigenvalue weighted by molar-refractivity contribution is 5.63. The molecule has 0 saturated carbocycles. The van der Waals surface area contributed by atoms with Gasteiger partial charge in [-0.05, 0) is 36.2 Å². The molecular formula is C21H19N3O. The van der Waals surface area contributed by atoms with Crippen LogP contribution in [0.25, 0.3) is 16.9 Å². The molecule has 0 aliphatic rings. The fourth-order valence-electron chi connectivity index (χ4n) is 2.97. The Kier molecular flexibility index (Phi) is 4.04. The quantitative estimate of drug-likeness (QED) is 0.615. The van der Waals surface area contributed by atoms with Crippen LogP contribution in [0.4, 0.5) is 0 Å². The number of hydrogen-bond donors (Lipinski definition) is 1. The molecule has 124 valence electrons. The first-order valence-corrected chi connectivity index (χ1v) is 8.37. The first-order chi connectivity index (χ1) is 12.2. The maximum absolute atomic E-state index is 9.83. The molecule has 4 rings (SSSR count). The molecule has 1 atom stereocenters. The van der Waals surface area contributed by atoms with E-state index in [0.717, 1.165) is 34.6 Å². The van der Waals surface area contributed by atoms with Gasteiger partial charge in [0.05, 0.1) is 23.7 Å². The molecule has 0 radical (unpaired) electrons. The van der Waals surface area contributed by atoms with E-state index in [2.05, 4.69) is 17.1 Å². The molecule has 0 fully saturated rings. The van der Waals surface area contributed by atoms with Crippen LogP contribution in [0.3, 0.4) is 0 Å². The summed E-state index contributed by atoms with van der Waals surface area (Å²) in [5, 5.41) is 14.6. The third-order valence-electron chi connectivity index (χ3n) is 4.31. The SMILES string of the molecule is CC(O)c1cccc(-c2cnc3ccc(Cc4ccccc4)nn23)c1. The van der Waals surface area contributed by atoms with Crippen LogP contribution in [-0.2, 0) is 6.42 Å². The smallest absolute Gasteiger partial charge is 0.154 e. The molecule has 0 bridgehead atoms. The van der Waals surface area contributed by atoms with E-state index in [4.69, 9.17) is 5.10 Å². The standard InChI is InChI=1S/C21H19N3O/c1-15(25)17-8-5-9-18(13-17)20-14-22-21-11-10-19(23-24(20)21)12-16-6-3-2-4-7-16/h2-11,13-15,25H,12H2,1H3. The second-order valence-corrected chi connectivity index (χ2v) is 6.20. The van der Waals surface area contributed by atoms with E-state index >= 15 is 0 Å². The Bertz CT molecular complexity index is 1010. The minimum absolute atomic E-state index is 0.499. The molecule has 1 N–H and O–H groups in total. The van der Waals surface area contributed by atoms with Crippen LogP contribution >= 0.6 is 0 Å². The fraction of sp³-hybridized carbons (Fsp3) is 0.143. The summed E-state index contributed by atoms with van der Waals surface area (Å²) in [6.07, 6.45) is 2.11. The molecule has 4 nitrogen and oxygen atoms in total. The lowest BCUT2D eigenvalue weighted by atomic mass is 10.1. The minimum atomic E-state index is -0.499. The molecule has 2 aromatic carbocycles. The molecule has 4 aromatic rings. The van der Waals surface area contributed by atoms with Crippen LogP contribution in [0.1, 0.15) is 29.8 Å². The zero-order chi connectivity index (χ0) is 17.2. The largest absolute Gasteiger partial charge is 0.389 e. The van der Waals surface area contributed by atoms with Crippen molar-refractivity contribution in [2.24, 2.45) is 0 Å². The van der Waals surface area contributed by atoms with Crippen molar-refractivity contribution >= 4 is 5.65 Å². The van der Waals surface area contributed by atoms with Crippen molar-refractivity contribution < 1.29 is 5.11 Å². The van der Waals surface area contributed by atoms with Gasteiger partial charge in [0.1, 0.15) is 0 Å². The molecular weight excluding hydrogens is 310 g/mol. The number of fused-ring (bicyclic) bond motifs is 1. The maximum Gasteiger partial charge on any atom is 0.154 e. The molecule has 25 heavy (non-hydrogen) atoms. The Hall–Kier alpha value is -2.98. The van der Waals surface area contributed by atoms with E-state index in [9.17, 15) is 5.11 Å². The molecule has 0 aliphatic heterocycles. The summed E-state index contributed by atoms with van der Waals surface area (Å²) in [6.45, 7) is 1.77. The number of nitrogens with zero attached hydrogens (tertiary/aromatic N) is 3. The molecule has 4 heteroatoms. The summed E-state index contributed by atoms with van der Waals surface area (Å²) in [5.74, 6) is 0. The van der Waals surface area contributed by atoms with Gasteiger partial charge in [0.25, 0.3) is 0 Å². The normalized spacial score (nSPS) is 12.4. The van der Waals surface area contributed by atoms with E-state index < -0.39 is 6.10 Å². The van der Waals surface area contributed by atoms with Gasteiger partial charge in [0, 0.05) is 12.0 Å². The Morgan fingerprint density at radius 3 is 2.64 bits per heavy atom. The van der Waals surface area contributed by atoms with Crippen molar-refractivity contribution in [3.05, 3.63) is 89.7 Å². The number of aliphatic hydroxyl groups excluding tert-OH is 1. The van der Waals surface area contributed by atoms with Crippen LogP contribution in [-0.4, -0.2) is 19.7 Å². The molecule has 2 heterocycles. The van der Waals surface area contributed by atoms with Crippen LogP contribution < -0.4 is 0 Å². The van der Waals surface area contributed by atoms with Crippen molar-refractivity contribution in [1.82, 2.24) is 14.6 Å². The van der Waals surface area contributed by atoms with Gasteiger partial charge in [0.15, 0.2) is 5.65 Å². The van der Waals surface area contributed by atoms with E-state index in [-0.39, 0.29) is 0 Å². The van der Waals surface area contributed by atoms with E-state index in [1.165, 1.54) is 5.56 Å². The zero-order valence-electron chi connectivity index (χ0n) is 14.0. The van der Waals surface area contributed by atoms with Gasteiger partial charge in [-0.2, -0.15) is 5.10 Å². The van der Waals surface area contributed by atoms with E-state index in [0.29, 0.717) is 0 Å². The zero-order valence-corrected chi connectivity index (χ0v) is 14.0. The summed E-state index contributed by atoms with van der Waals surface area (Å²) in [6, 6.07) is 22.2. The number of imidazole rings is 1. The minimum Gasteiger partial charge on any atom is -0.389 e. The Morgan fingerprint density at radius 2 is 1.84 bits per heavy atom. The first kappa shape index (κ1) is 15.5. The molecule has 0 saturated heterocycles. The molecule has 2 aromatic heterocycles. The fourth-order valence-corrected chi connectivity index (χ4v) is 2.97. The van der Waals surface area contributed by atoms with Gasteiger partial charge >= 0.3 is 0 Å². The Balaban J connectivity index is 1.75. The van der Waals surface area contributed by atoms with Crippen LogP contribution in [0, 0.1) is 0 Å². The van der Waals surface area contributed by atoms with Crippen LogP contribution in [0.2, 0.25) is 0 Å². The van der Waals surface area contributed by atoms with Crippen LogP contribution in [0.5, 0.6) is 0 Å². The predicted octanol–water partition coefficient (Wildman–Crippen LogP) is 4.04. The summed E-state index contributed by atoms with van der Waals surface area (Å²) >= 11 is 0. The summed E-state index contributed by atoms with van der Waals surface area (Å²) < 4.78 is 1.87. The molecule has 1 unspecified atom stereocenters. The topological polar surface area (TPSA) is 50.4 Å². The highest BCUT2D eigenvalue weighted by atomic mass is 16.3. The van der Waals surface area contributed by atoms with Gasteiger partial charge in [-0.25, -0.2) is 9.50 Å². The lowest BCUT2D eigenvalue weighted by molar-refractivity contribution is 0.199. The van der Waals surface area contributed by atoms with E-state index in [1.807, 2.05) is 65.3 Å². The van der Waals surface area contributed by atoms with E-state index in [1.54, 1.807) is 6.92 Å². The first-order valence-electron chi connectivity index (χ1n) is 8.37. The van der Waals surface area contributed by atoms with Crippen molar-refractivity contribution in [1.29, 1.82) is 0 Å². The lowest BCUT2D eigenvalue weighted by Gasteiger charge is -2.08. The number of aromatic nitrogens is 3. The predicted molar refractivity (Wildman–Crippen MR) is 98.3 cm³/mol. The monoisotopic (exact) mass is 329 g/mol. The molecule has 0 amide bonds. The number of hydrogen-bond acceptors (Lipinski definition) is 3. The Labute approximate surface area is 146 Å². The third-order valence-corrected chi connectivity index (χ3v) is 4.31. The third kappa shape index (κ3) is 3.16. The number of aliphatic hydroxyl groups is 1. The second kappa shape index (κ2) is 6.49. The summed E-state index contributed by atoms with van der Waals surface area (Å²) in [7, 11) is 0. The summed E-state index contributed by atoms with van der Waals surface area (Å²) in [5.41, 5.74) is 5.83. The van der Waals surface area contributed by atoms with Gasteiger partial charge in [0.2, 0.25) is 0 Å². The van der Waals surface area contributed by atoms with Crippen molar-refractivity contribution in [3.63, 3.8) is 0 Å². The number of benzene rings is 2. The van der Waals surface area contributed by atoms with Crippen molar-refractivity contribution in [3.8, 4) is 11.3 Å². The second-order valence-electron chi connectivity index (χ2n) is 6.20. The van der Waals surface area contributed by atoms with Crippen molar-refractivity contribution in [2.75, 3.05) is 0 Å². The maximum atomic E-state index is 9.83. The molecule has 0 aliphatic carbocycles. The Morgan fingerprint density at radius 1 is 1.00 bits per heavy atom. The highest BCUT2D eigenvalue weighted by Gasteiger charge is 2.10. The number of rotatable bonds is 4. The van der Waals surface area contributed by atoms with Gasteiger partial charge in [-0.15, -0.1) is 0 Å². The van der Waals surface area contributed by atoms with Crippen molar-refractivity contribution in [2.45, 2.75) is 19.4 Å². The van der Waals surface area contributed by atoms with Gasteiger partial charge in [-0.1, -0.05) is 48.5 Å².